The Bertz CT molecular complexity index is 384. The third-order valence-electron chi connectivity index (χ3n) is 2.64. The van der Waals surface area contributed by atoms with Gasteiger partial charge in [0.15, 0.2) is 5.69 Å². The van der Waals surface area contributed by atoms with E-state index in [-0.39, 0.29) is 5.69 Å². The van der Waals surface area contributed by atoms with E-state index in [0.717, 1.165) is 30.8 Å². The fourth-order valence-corrected chi connectivity index (χ4v) is 1.87. The summed E-state index contributed by atoms with van der Waals surface area (Å²) < 4.78 is 1.68. The van der Waals surface area contributed by atoms with E-state index in [1.54, 1.807) is 11.7 Å². The van der Waals surface area contributed by atoms with E-state index in [1.807, 2.05) is 7.05 Å². The lowest BCUT2D eigenvalue weighted by atomic mass is 10.0. The Morgan fingerprint density at radius 1 is 1.50 bits per heavy atom. The lowest BCUT2D eigenvalue weighted by Crippen LogP contribution is -2.27. The van der Waals surface area contributed by atoms with Crippen molar-refractivity contribution in [3.05, 3.63) is 17.0 Å². The smallest absolute Gasteiger partial charge is 0.356 e. The number of aromatic nitrogens is 2. The standard InChI is InChI=1S/C9H13N3O2/c1-11-4-3-6-7(5-11)12(2)10-8(6)9(13)14/h3-5H2,1-2H3,(H,13,14). The molecule has 0 atom stereocenters. The van der Waals surface area contributed by atoms with Crippen molar-refractivity contribution in [2.45, 2.75) is 13.0 Å². The Labute approximate surface area is 81.9 Å². The van der Waals surface area contributed by atoms with Crippen LogP contribution in [0, 0.1) is 0 Å². The number of rotatable bonds is 1. The molecular weight excluding hydrogens is 182 g/mol. The summed E-state index contributed by atoms with van der Waals surface area (Å²) >= 11 is 0. The maximum atomic E-state index is 10.9. The quantitative estimate of drug-likeness (QED) is 0.690. The number of hydrogen-bond donors (Lipinski definition) is 1. The molecular formula is C9H13N3O2. The summed E-state index contributed by atoms with van der Waals surface area (Å²) in [5.41, 5.74) is 2.14. The minimum absolute atomic E-state index is 0.218. The molecule has 0 aliphatic carbocycles. The summed E-state index contributed by atoms with van der Waals surface area (Å²) in [6.07, 6.45) is 0.779. The molecule has 1 aliphatic heterocycles. The average Bonchev–Trinajstić information content (AvgIpc) is 2.44. The topological polar surface area (TPSA) is 58.4 Å². The number of hydrogen-bond acceptors (Lipinski definition) is 3. The molecule has 0 saturated heterocycles. The zero-order chi connectivity index (χ0) is 10.3. The summed E-state index contributed by atoms with van der Waals surface area (Å²) in [4.78, 5) is 13.0. The Hall–Kier alpha value is -1.36. The molecule has 14 heavy (non-hydrogen) atoms. The van der Waals surface area contributed by atoms with Gasteiger partial charge in [0.2, 0.25) is 0 Å². The van der Waals surface area contributed by atoms with Crippen molar-refractivity contribution < 1.29 is 9.90 Å². The number of carbonyl (C=O) groups is 1. The second kappa shape index (κ2) is 3.09. The number of nitrogens with zero attached hydrogens (tertiary/aromatic N) is 3. The van der Waals surface area contributed by atoms with Crippen LogP contribution >= 0.6 is 0 Å². The molecule has 1 N–H and O–H groups in total. The minimum atomic E-state index is -0.925. The third kappa shape index (κ3) is 1.29. The van der Waals surface area contributed by atoms with Crippen LogP contribution in [0.5, 0.6) is 0 Å². The van der Waals surface area contributed by atoms with Crippen LogP contribution in [0.2, 0.25) is 0 Å². The Balaban J connectivity index is 2.49. The number of fused-ring (bicyclic) bond motifs is 1. The molecule has 0 radical (unpaired) electrons. The van der Waals surface area contributed by atoms with Crippen molar-refractivity contribution >= 4 is 5.97 Å². The van der Waals surface area contributed by atoms with Crippen LogP contribution in [0.3, 0.4) is 0 Å². The van der Waals surface area contributed by atoms with Crippen molar-refractivity contribution in [3.8, 4) is 0 Å². The first-order chi connectivity index (χ1) is 6.59. The summed E-state index contributed by atoms with van der Waals surface area (Å²) in [5, 5.41) is 12.9. The molecule has 0 aromatic carbocycles. The van der Waals surface area contributed by atoms with Crippen LogP contribution in [0.1, 0.15) is 21.7 Å². The van der Waals surface area contributed by atoms with E-state index in [9.17, 15) is 4.79 Å². The molecule has 2 heterocycles. The predicted molar refractivity (Wildman–Crippen MR) is 50.2 cm³/mol. The largest absolute Gasteiger partial charge is 0.476 e. The Morgan fingerprint density at radius 2 is 2.21 bits per heavy atom. The molecule has 5 heteroatoms. The molecule has 5 nitrogen and oxygen atoms in total. The molecule has 1 aromatic rings. The first-order valence-corrected chi connectivity index (χ1v) is 4.56. The highest BCUT2D eigenvalue weighted by atomic mass is 16.4. The Kier molecular flexibility index (Phi) is 2.03. The summed E-state index contributed by atoms with van der Waals surface area (Å²) in [5.74, 6) is -0.925. The van der Waals surface area contributed by atoms with Gasteiger partial charge < -0.3 is 10.0 Å². The molecule has 1 aliphatic rings. The van der Waals surface area contributed by atoms with E-state index in [0.29, 0.717) is 0 Å². The van der Waals surface area contributed by atoms with Crippen LogP contribution in [0.15, 0.2) is 0 Å². The molecule has 1 aromatic heterocycles. The van der Waals surface area contributed by atoms with Crippen molar-refractivity contribution in [2.75, 3.05) is 13.6 Å². The zero-order valence-corrected chi connectivity index (χ0v) is 8.32. The average molecular weight is 195 g/mol. The third-order valence-corrected chi connectivity index (χ3v) is 2.64. The van der Waals surface area contributed by atoms with Gasteiger partial charge in [0.1, 0.15) is 0 Å². The highest BCUT2D eigenvalue weighted by Gasteiger charge is 2.24. The molecule has 0 bridgehead atoms. The number of carboxylic acid groups (broad SMARTS) is 1. The molecule has 76 valence electrons. The molecule has 0 fully saturated rings. The van der Waals surface area contributed by atoms with Crippen LogP contribution in [0.25, 0.3) is 0 Å². The van der Waals surface area contributed by atoms with Crippen molar-refractivity contribution in [1.82, 2.24) is 14.7 Å². The lowest BCUT2D eigenvalue weighted by molar-refractivity contribution is 0.0688. The molecule has 0 unspecified atom stereocenters. The SMILES string of the molecule is CN1CCc2c(C(=O)O)nn(C)c2C1. The van der Waals surface area contributed by atoms with E-state index in [4.69, 9.17) is 5.11 Å². The van der Waals surface area contributed by atoms with Crippen LogP contribution in [-0.2, 0) is 20.0 Å². The predicted octanol–water partition coefficient (Wildman–Crippen LogP) is 0.106. The Morgan fingerprint density at radius 3 is 2.86 bits per heavy atom. The molecule has 2 rings (SSSR count). The fourth-order valence-electron chi connectivity index (χ4n) is 1.87. The van der Waals surface area contributed by atoms with Gasteiger partial charge in [-0.25, -0.2) is 4.79 Å². The normalized spacial score (nSPS) is 16.7. The van der Waals surface area contributed by atoms with Gasteiger partial charge in [-0.05, 0) is 13.5 Å². The van der Waals surface area contributed by atoms with Gasteiger partial charge in [-0.15, -0.1) is 0 Å². The number of aryl methyl sites for hydroxylation is 1. The maximum Gasteiger partial charge on any atom is 0.356 e. The van der Waals surface area contributed by atoms with Gasteiger partial charge in [-0.2, -0.15) is 5.10 Å². The highest BCUT2D eigenvalue weighted by Crippen LogP contribution is 2.20. The maximum absolute atomic E-state index is 10.9. The minimum Gasteiger partial charge on any atom is -0.476 e. The summed E-state index contributed by atoms with van der Waals surface area (Å²) in [7, 11) is 3.82. The number of aromatic carboxylic acids is 1. The van der Waals surface area contributed by atoms with E-state index in [2.05, 4.69) is 10.00 Å². The van der Waals surface area contributed by atoms with Crippen molar-refractivity contribution in [1.29, 1.82) is 0 Å². The van der Waals surface area contributed by atoms with Gasteiger partial charge in [0.25, 0.3) is 0 Å². The van der Waals surface area contributed by atoms with Gasteiger partial charge in [-0.3, -0.25) is 4.68 Å². The fraction of sp³-hybridized carbons (Fsp3) is 0.556. The molecule has 0 spiro atoms. The zero-order valence-electron chi connectivity index (χ0n) is 8.32. The van der Waals surface area contributed by atoms with Crippen molar-refractivity contribution in [2.24, 2.45) is 7.05 Å². The lowest BCUT2D eigenvalue weighted by Gasteiger charge is -2.22. The van der Waals surface area contributed by atoms with E-state index in [1.165, 1.54) is 0 Å². The summed E-state index contributed by atoms with van der Waals surface area (Å²) in [6.45, 7) is 1.69. The van der Waals surface area contributed by atoms with Gasteiger partial charge >= 0.3 is 5.97 Å². The van der Waals surface area contributed by atoms with E-state index >= 15 is 0 Å². The van der Waals surface area contributed by atoms with Gasteiger partial charge in [-0.1, -0.05) is 0 Å². The van der Waals surface area contributed by atoms with Crippen LogP contribution < -0.4 is 0 Å². The first kappa shape index (κ1) is 9.21. The summed E-state index contributed by atoms with van der Waals surface area (Å²) in [6, 6.07) is 0. The van der Waals surface area contributed by atoms with Crippen LogP contribution in [-0.4, -0.2) is 39.3 Å². The van der Waals surface area contributed by atoms with Gasteiger partial charge in [0.05, 0.1) is 5.69 Å². The van der Waals surface area contributed by atoms with E-state index < -0.39 is 5.97 Å². The van der Waals surface area contributed by atoms with Gasteiger partial charge in [0, 0.05) is 25.7 Å². The highest BCUT2D eigenvalue weighted by molar-refractivity contribution is 5.87. The monoisotopic (exact) mass is 195 g/mol. The second-order valence-corrected chi connectivity index (χ2v) is 3.69. The molecule has 0 saturated carbocycles. The molecule has 0 amide bonds. The first-order valence-electron chi connectivity index (χ1n) is 4.56. The second-order valence-electron chi connectivity index (χ2n) is 3.69. The van der Waals surface area contributed by atoms with Crippen molar-refractivity contribution in [3.63, 3.8) is 0 Å². The van der Waals surface area contributed by atoms with Crippen LogP contribution in [0.4, 0.5) is 0 Å². The number of likely N-dealkylation sites (N-methyl/N-ethyl adjacent to an activating group) is 1. The number of carboxylic acids is 1.